The molecule has 76 valence electrons. The van der Waals surface area contributed by atoms with Crippen LogP contribution in [0.2, 0.25) is 0 Å². The van der Waals surface area contributed by atoms with E-state index >= 15 is 0 Å². The van der Waals surface area contributed by atoms with Gasteiger partial charge in [0.2, 0.25) is 5.91 Å². The predicted molar refractivity (Wildman–Crippen MR) is 49.3 cm³/mol. The van der Waals surface area contributed by atoms with Gasteiger partial charge in [-0.2, -0.15) is 0 Å². The number of hydrogen-bond acceptors (Lipinski definition) is 2. The van der Waals surface area contributed by atoms with Crippen molar-refractivity contribution < 1.29 is 14.7 Å². The van der Waals surface area contributed by atoms with Crippen LogP contribution in [0.3, 0.4) is 0 Å². The number of carbonyl (C=O) groups is 2. The zero-order chi connectivity index (χ0) is 10.3. The summed E-state index contributed by atoms with van der Waals surface area (Å²) in [6, 6.07) is 0. The Bertz CT molecular complexity index is 180. The fourth-order valence-corrected chi connectivity index (χ4v) is 0.842. The number of nitrogens with one attached hydrogen (secondary N) is 1. The number of aliphatic carboxylic acids is 1. The maximum atomic E-state index is 11.1. The van der Waals surface area contributed by atoms with E-state index in [2.05, 4.69) is 5.32 Å². The van der Waals surface area contributed by atoms with E-state index in [1.165, 1.54) is 6.92 Å². The Morgan fingerprint density at radius 3 is 2.54 bits per heavy atom. The maximum Gasteiger partial charge on any atom is 0.306 e. The summed E-state index contributed by atoms with van der Waals surface area (Å²) in [4.78, 5) is 21.4. The average molecular weight is 187 g/mol. The fraction of sp³-hybridized carbons (Fsp3) is 0.778. The first-order valence-corrected chi connectivity index (χ1v) is 4.57. The Balaban J connectivity index is 3.56. The normalized spacial score (nSPS) is 12.2. The Labute approximate surface area is 78.3 Å². The first kappa shape index (κ1) is 11.9. The first-order valence-electron chi connectivity index (χ1n) is 4.57. The van der Waals surface area contributed by atoms with E-state index in [0.717, 1.165) is 12.8 Å². The highest BCUT2D eigenvalue weighted by Gasteiger charge is 2.14. The second kappa shape index (κ2) is 6.46. The number of carbonyl (C=O) groups excluding carboxylic acids is 1. The highest BCUT2D eigenvalue weighted by Crippen LogP contribution is 2.00. The lowest BCUT2D eigenvalue weighted by Gasteiger charge is -2.06. The number of unbranched alkanes of at least 4 members (excludes halogenated alkanes) is 1. The summed E-state index contributed by atoms with van der Waals surface area (Å²) in [5, 5.41) is 11.2. The molecule has 0 radical (unpaired) electrons. The molecular formula is C9H17NO3. The van der Waals surface area contributed by atoms with Gasteiger partial charge in [0.15, 0.2) is 0 Å². The number of carboxylic acid groups (broad SMARTS) is 1. The van der Waals surface area contributed by atoms with E-state index in [1.54, 1.807) is 0 Å². The zero-order valence-corrected chi connectivity index (χ0v) is 8.17. The van der Waals surface area contributed by atoms with Gasteiger partial charge >= 0.3 is 5.97 Å². The second-order valence-corrected chi connectivity index (χ2v) is 3.15. The Morgan fingerprint density at radius 1 is 1.46 bits per heavy atom. The van der Waals surface area contributed by atoms with Crippen molar-refractivity contribution >= 4 is 11.9 Å². The minimum absolute atomic E-state index is 0.0685. The van der Waals surface area contributed by atoms with Gasteiger partial charge in [-0.1, -0.05) is 20.3 Å². The van der Waals surface area contributed by atoms with Gasteiger partial charge in [-0.3, -0.25) is 9.59 Å². The molecule has 1 amide bonds. The van der Waals surface area contributed by atoms with Crippen molar-refractivity contribution in [3.63, 3.8) is 0 Å². The standard InChI is InChI=1S/C9H17NO3/c1-3-4-5-10-8(11)6-7(2)9(12)13/h7H,3-6H2,1-2H3,(H,10,11)(H,12,13)/t7-/m0/s1. The second-order valence-electron chi connectivity index (χ2n) is 3.15. The lowest BCUT2D eigenvalue weighted by atomic mass is 10.1. The van der Waals surface area contributed by atoms with Crippen molar-refractivity contribution in [2.75, 3.05) is 6.54 Å². The SMILES string of the molecule is CCCCNC(=O)C[C@H](C)C(=O)O. The van der Waals surface area contributed by atoms with Gasteiger partial charge < -0.3 is 10.4 Å². The molecule has 0 saturated heterocycles. The minimum Gasteiger partial charge on any atom is -0.481 e. The third-order valence-corrected chi connectivity index (χ3v) is 1.77. The van der Waals surface area contributed by atoms with Crippen LogP contribution in [0.1, 0.15) is 33.1 Å². The molecule has 0 heterocycles. The molecule has 0 aliphatic carbocycles. The molecule has 0 aromatic rings. The largest absolute Gasteiger partial charge is 0.481 e. The van der Waals surface area contributed by atoms with Crippen molar-refractivity contribution in [3.8, 4) is 0 Å². The van der Waals surface area contributed by atoms with E-state index in [0.29, 0.717) is 6.54 Å². The monoisotopic (exact) mass is 187 g/mol. The Kier molecular flexibility index (Phi) is 5.93. The summed E-state index contributed by atoms with van der Waals surface area (Å²) in [5.41, 5.74) is 0. The average Bonchev–Trinajstić information content (AvgIpc) is 2.04. The first-order chi connectivity index (χ1) is 6.07. The summed E-state index contributed by atoms with van der Waals surface area (Å²) in [5.74, 6) is -1.70. The van der Waals surface area contributed by atoms with Crippen LogP contribution < -0.4 is 5.32 Å². The summed E-state index contributed by atoms with van der Waals surface area (Å²) in [7, 11) is 0. The lowest BCUT2D eigenvalue weighted by Crippen LogP contribution is -2.27. The van der Waals surface area contributed by atoms with E-state index in [1.807, 2.05) is 6.92 Å². The van der Waals surface area contributed by atoms with Crippen molar-refractivity contribution in [2.45, 2.75) is 33.1 Å². The van der Waals surface area contributed by atoms with Gasteiger partial charge in [0.1, 0.15) is 0 Å². The zero-order valence-electron chi connectivity index (χ0n) is 8.17. The van der Waals surface area contributed by atoms with Crippen molar-refractivity contribution in [2.24, 2.45) is 5.92 Å². The molecule has 0 aliphatic rings. The molecule has 0 aromatic heterocycles. The van der Waals surface area contributed by atoms with Crippen LogP contribution in [0, 0.1) is 5.92 Å². The van der Waals surface area contributed by atoms with Gasteiger partial charge in [0, 0.05) is 13.0 Å². The molecule has 0 spiro atoms. The number of rotatable bonds is 6. The van der Waals surface area contributed by atoms with Crippen LogP contribution in [0.15, 0.2) is 0 Å². The summed E-state index contributed by atoms with van der Waals surface area (Å²) in [6.45, 7) is 4.20. The van der Waals surface area contributed by atoms with E-state index < -0.39 is 11.9 Å². The van der Waals surface area contributed by atoms with Crippen LogP contribution in [-0.4, -0.2) is 23.5 Å². The molecular weight excluding hydrogens is 170 g/mol. The third-order valence-electron chi connectivity index (χ3n) is 1.77. The molecule has 0 saturated carbocycles. The van der Waals surface area contributed by atoms with Crippen LogP contribution >= 0.6 is 0 Å². The summed E-state index contributed by atoms with van der Waals surface area (Å²) >= 11 is 0. The van der Waals surface area contributed by atoms with Crippen LogP contribution in [0.25, 0.3) is 0 Å². The molecule has 2 N–H and O–H groups in total. The Morgan fingerprint density at radius 2 is 2.08 bits per heavy atom. The highest BCUT2D eigenvalue weighted by molar-refractivity contribution is 5.81. The van der Waals surface area contributed by atoms with Crippen LogP contribution in [-0.2, 0) is 9.59 Å². The maximum absolute atomic E-state index is 11.1. The van der Waals surface area contributed by atoms with E-state index in [4.69, 9.17) is 5.11 Å². The van der Waals surface area contributed by atoms with Crippen LogP contribution in [0.4, 0.5) is 0 Å². The molecule has 0 aromatic carbocycles. The number of amides is 1. The van der Waals surface area contributed by atoms with Crippen molar-refractivity contribution in [1.29, 1.82) is 0 Å². The number of hydrogen-bond donors (Lipinski definition) is 2. The van der Waals surface area contributed by atoms with E-state index in [-0.39, 0.29) is 12.3 Å². The van der Waals surface area contributed by atoms with E-state index in [9.17, 15) is 9.59 Å². The molecule has 4 nitrogen and oxygen atoms in total. The van der Waals surface area contributed by atoms with Gasteiger partial charge in [-0.15, -0.1) is 0 Å². The predicted octanol–water partition coefficient (Wildman–Crippen LogP) is 1.01. The smallest absolute Gasteiger partial charge is 0.306 e. The van der Waals surface area contributed by atoms with Gasteiger partial charge in [-0.25, -0.2) is 0 Å². The fourth-order valence-electron chi connectivity index (χ4n) is 0.842. The lowest BCUT2D eigenvalue weighted by molar-refractivity contribution is -0.143. The molecule has 0 aliphatic heterocycles. The quantitative estimate of drug-likeness (QED) is 0.610. The van der Waals surface area contributed by atoms with Gasteiger partial charge in [0.05, 0.1) is 5.92 Å². The topological polar surface area (TPSA) is 66.4 Å². The minimum atomic E-state index is -0.925. The molecule has 0 fully saturated rings. The molecule has 0 bridgehead atoms. The van der Waals surface area contributed by atoms with Gasteiger partial charge in [-0.05, 0) is 6.42 Å². The molecule has 1 atom stereocenters. The summed E-state index contributed by atoms with van der Waals surface area (Å²) < 4.78 is 0. The highest BCUT2D eigenvalue weighted by atomic mass is 16.4. The molecule has 0 unspecified atom stereocenters. The Hall–Kier alpha value is -1.06. The van der Waals surface area contributed by atoms with Gasteiger partial charge in [0.25, 0.3) is 0 Å². The molecule has 0 rings (SSSR count). The van der Waals surface area contributed by atoms with Crippen molar-refractivity contribution in [1.82, 2.24) is 5.32 Å². The third kappa shape index (κ3) is 6.13. The number of carboxylic acids is 1. The molecule has 13 heavy (non-hydrogen) atoms. The van der Waals surface area contributed by atoms with Crippen molar-refractivity contribution in [3.05, 3.63) is 0 Å². The summed E-state index contributed by atoms with van der Waals surface area (Å²) in [6.07, 6.45) is 2.03. The molecule has 4 heteroatoms. The van der Waals surface area contributed by atoms with Crippen LogP contribution in [0.5, 0.6) is 0 Å².